The molecule has 25 nitrogen and oxygen atoms in total. The Morgan fingerprint density at radius 1 is 0.590 bits per heavy atom. The average molecular weight is 1120 g/mol. The van der Waals surface area contributed by atoms with Crippen LogP contribution in [0.3, 0.4) is 0 Å². The number of aliphatic hydroxyl groups is 14. The van der Waals surface area contributed by atoms with E-state index in [1.165, 1.54) is 0 Å². The van der Waals surface area contributed by atoms with E-state index < -0.39 is 200 Å². The van der Waals surface area contributed by atoms with Crippen molar-refractivity contribution in [3.05, 3.63) is 11.6 Å². The third kappa shape index (κ3) is 9.43. The van der Waals surface area contributed by atoms with Crippen LogP contribution in [-0.2, 0) is 47.5 Å². The van der Waals surface area contributed by atoms with Crippen LogP contribution in [0.2, 0.25) is 0 Å². The number of aliphatic carboxylic acids is 1. The van der Waals surface area contributed by atoms with Crippen molar-refractivity contribution < 1.29 is 124 Å². The van der Waals surface area contributed by atoms with Crippen LogP contribution in [0, 0.1) is 50.2 Å². The van der Waals surface area contributed by atoms with Gasteiger partial charge in [-0.15, -0.1) is 0 Å². The van der Waals surface area contributed by atoms with Crippen LogP contribution in [0.15, 0.2) is 11.6 Å². The lowest BCUT2D eigenvalue weighted by atomic mass is 9.33. The highest BCUT2D eigenvalue weighted by atomic mass is 16.8. The molecule has 9 rings (SSSR count). The van der Waals surface area contributed by atoms with E-state index in [1.807, 2.05) is 0 Å². The molecule has 446 valence electrons. The minimum Gasteiger partial charge on any atom is -0.481 e. The second-order valence-corrected chi connectivity index (χ2v) is 25.6. The number of aliphatic hydroxyl groups excluding tert-OH is 14. The summed E-state index contributed by atoms with van der Waals surface area (Å²) >= 11 is 0. The van der Waals surface area contributed by atoms with Gasteiger partial charge in [-0.1, -0.05) is 46.3 Å². The van der Waals surface area contributed by atoms with Crippen LogP contribution in [0.5, 0.6) is 0 Å². The normalized spacial score (nSPS) is 54.1. The zero-order valence-electron chi connectivity index (χ0n) is 44.9. The van der Waals surface area contributed by atoms with Gasteiger partial charge < -0.3 is 114 Å². The molecule has 0 bridgehead atoms. The van der Waals surface area contributed by atoms with Crippen molar-refractivity contribution >= 4 is 11.9 Å². The van der Waals surface area contributed by atoms with Crippen molar-refractivity contribution in [1.82, 2.24) is 0 Å². The molecule has 4 saturated carbocycles. The van der Waals surface area contributed by atoms with Crippen molar-refractivity contribution in [3.8, 4) is 0 Å². The van der Waals surface area contributed by atoms with Crippen molar-refractivity contribution in [2.75, 3.05) is 26.4 Å². The summed E-state index contributed by atoms with van der Waals surface area (Å²) in [6.45, 7) is 9.65. The van der Waals surface area contributed by atoms with E-state index in [9.17, 15) is 86.2 Å². The molecule has 5 aliphatic carbocycles. The third-order valence-electron chi connectivity index (χ3n) is 21.3. The molecule has 0 radical (unpaired) electrons. The first-order valence-electron chi connectivity index (χ1n) is 27.5. The summed E-state index contributed by atoms with van der Waals surface area (Å²) in [6.07, 6.45) is -29.0. The first kappa shape index (κ1) is 60.4. The molecule has 0 aromatic rings. The molecule has 0 amide bonds. The van der Waals surface area contributed by atoms with Crippen molar-refractivity contribution in [2.24, 2.45) is 50.2 Å². The predicted molar refractivity (Wildman–Crippen MR) is 260 cm³/mol. The highest BCUT2D eigenvalue weighted by molar-refractivity contribution is 5.81. The van der Waals surface area contributed by atoms with E-state index in [2.05, 4.69) is 40.7 Å². The van der Waals surface area contributed by atoms with Crippen LogP contribution in [-0.4, -0.2) is 244 Å². The van der Waals surface area contributed by atoms with Crippen molar-refractivity contribution in [3.63, 3.8) is 0 Å². The minimum absolute atomic E-state index is 0.00245. The SMILES string of the molecule is CC1(C)[C@@H](O[C@@H]2OC[C@@H](O)[C@H](O[C@@H]3O[C@H](CO)[C@@H](O)[C@H](O)[C@H]3O[C@@H]3O[C@H](CO)[C@@H](O)[C@H](O)[C@H]3O)[C@H]2O)CC[C@]2(C)[C@H]3CC=C4[C@@H]5C[C@@](C)(C(=O)O)CC[C@]5(C(=O)O[C@@H]5O[C@H](CO)[C@H](O)[C@H](O)[C@H]5O)[C@H](O)C[C@@]4(C)[C@]3(C)CC[C@@H]12. The van der Waals surface area contributed by atoms with E-state index in [-0.39, 0.29) is 42.9 Å². The van der Waals surface area contributed by atoms with Crippen molar-refractivity contribution in [1.29, 1.82) is 0 Å². The van der Waals surface area contributed by atoms with E-state index in [0.717, 1.165) is 5.57 Å². The van der Waals surface area contributed by atoms with Gasteiger partial charge >= 0.3 is 11.9 Å². The number of esters is 1. The van der Waals surface area contributed by atoms with Gasteiger partial charge in [-0.3, -0.25) is 9.59 Å². The summed E-state index contributed by atoms with van der Waals surface area (Å²) in [5.41, 5.74) is -4.34. The number of carbonyl (C=O) groups is 2. The van der Waals surface area contributed by atoms with E-state index in [0.29, 0.717) is 32.1 Å². The molecule has 4 saturated heterocycles. The van der Waals surface area contributed by atoms with Crippen LogP contribution < -0.4 is 0 Å². The maximum atomic E-state index is 14.8. The number of allylic oxidation sites excluding steroid dienone is 2. The molecule has 8 fully saturated rings. The number of carbonyl (C=O) groups excluding carboxylic acids is 1. The van der Waals surface area contributed by atoms with Crippen LogP contribution in [0.25, 0.3) is 0 Å². The van der Waals surface area contributed by atoms with E-state index in [4.69, 9.17) is 37.9 Å². The maximum Gasteiger partial charge on any atom is 0.317 e. The molecule has 9 aliphatic rings. The molecule has 0 aromatic heterocycles. The van der Waals surface area contributed by atoms with Crippen LogP contribution in [0.1, 0.15) is 99.3 Å². The zero-order valence-corrected chi connectivity index (χ0v) is 44.9. The summed E-state index contributed by atoms with van der Waals surface area (Å²) in [7, 11) is 0. The molecule has 25 heteroatoms. The molecule has 15 N–H and O–H groups in total. The smallest absolute Gasteiger partial charge is 0.317 e. The van der Waals surface area contributed by atoms with Gasteiger partial charge in [0.15, 0.2) is 18.9 Å². The zero-order chi connectivity index (χ0) is 57.1. The highest BCUT2D eigenvalue weighted by Gasteiger charge is 2.73. The first-order valence-corrected chi connectivity index (χ1v) is 27.5. The Kier molecular flexibility index (Phi) is 16.9. The second-order valence-electron chi connectivity index (χ2n) is 25.6. The maximum absolute atomic E-state index is 14.8. The summed E-state index contributed by atoms with van der Waals surface area (Å²) in [5.74, 6) is -2.81. The molecular weight excluding hydrogens is 1040 g/mol. The molecule has 0 spiro atoms. The molecule has 78 heavy (non-hydrogen) atoms. The molecule has 4 aliphatic heterocycles. The summed E-state index contributed by atoms with van der Waals surface area (Å²) < 4.78 is 47.2. The Balaban J connectivity index is 0.939. The van der Waals surface area contributed by atoms with Gasteiger partial charge in [-0.25, -0.2) is 0 Å². The monoisotopic (exact) mass is 1120 g/mol. The van der Waals surface area contributed by atoms with Crippen LogP contribution >= 0.6 is 0 Å². The topological polar surface area (TPSA) is 411 Å². The summed E-state index contributed by atoms with van der Waals surface area (Å²) in [4.78, 5) is 27.8. The lowest BCUT2D eigenvalue weighted by Gasteiger charge is -2.71. The van der Waals surface area contributed by atoms with Gasteiger partial charge in [0.25, 0.3) is 0 Å². The largest absolute Gasteiger partial charge is 0.481 e. The van der Waals surface area contributed by atoms with Gasteiger partial charge in [0, 0.05) is 5.92 Å². The number of ether oxygens (including phenoxy) is 8. The Bertz CT molecular complexity index is 2200. The molecule has 4 heterocycles. The number of carboxylic acid groups (broad SMARTS) is 1. The van der Waals surface area contributed by atoms with Gasteiger partial charge in [0.1, 0.15) is 97.0 Å². The number of fused-ring (bicyclic) bond motifs is 7. The number of hydrogen-bond donors (Lipinski definition) is 15. The fraction of sp³-hybridized carbons (Fsp3) is 0.925. The van der Waals surface area contributed by atoms with Crippen LogP contribution in [0.4, 0.5) is 0 Å². The Morgan fingerprint density at radius 2 is 1.15 bits per heavy atom. The summed E-state index contributed by atoms with van der Waals surface area (Å²) in [6, 6.07) is 0. The summed E-state index contributed by atoms with van der Waals surface area (Å²) in [5, 5.41) is 161. The first-order chi connectivity index (χ1) is 36.5. The molecule has 0 unspecified atom stereocenters. The van der Waals surface area contributed by atoms with Gasteiger partial charge in [-0.05, 0) is 98.2 Å². The van der Waals surface area contributed by atoms with Gasteiger partial charge in [0.05, 0.1) is 44.1 Å². The fourth-order valence-electron chi connectivity index (χ4n) is 16.4. The lowest BCUT2D eigenvalue weighted by Crippen LogP contribution is -2.68. The minimum atomic E-state index is -1.93. The number of hydrogen-bond acceptors (Lipinski definition) is 24. The third-order valence-corrected chi connectivity index (χ3v) is 21.3. The predicted octanol–water partition coefficient (Wildman–Crippen LogP) is -3.36. The van der Waals surface area contributed by atoms with Gasteiger partial charge in [0.2, 0.25) is 6.29 Å². The Hall–Kier alpha value is -2.16. The van der Waals surface area contributed by atoms with E-state index in [1.54, 1.807) is 6.92 Å². The average Bonchev–Trinajstić information content (AvgIpc) is 3.58. The quantitative estimate of drug-likeness (QED) is 0.0515. The molecular formula is C53H84O25. The standard InChI is InChI=1S/C53H84O25/c1-48(2)27-9-12-51(5)28(8-7-21-22-15-49(3,46(68)69)13-14-53(22,29(58)16-52(21,51)6)47(70)78-44-38(66)35(63)32(60)25(18-55)73-44)50(27,4)11-10-30(48)75-42-39(67)40(23(57)20-71-42)76-45-41(36(64)33(61)26(19-56)74-45)77-43-37(65)34(62)31(59)24(17-54)72-43/h7,22-45,54-67H,8-20H2,1-6H3,(H,68,69)/t22-,23+,24+,25+,26+,27-,28+,29+,30-,31+,32-,33+,34-,35-,36-,37+,38+,39+,40-,41+,42-,43-,44-,45-,49-,50-,51+,52+,53+/m0/s1. The van der Waals surface area contributed by atoms with Gasteiger partial charge in [-0.2, -0.15) is 0 Å². The molecule has 29 atom stereocenters. The number of carboxylic acids is 1. The van der Waals surface area contributed by atoms with E-state index >= 15 is 0 Å². The highest BCUT2D eigenvalue weighted by Crippen LogP contribution is 2.76. The second kappa shape index (κ2) is 21.8. The molecule has 0 aromatic carbocycles. The number of rotatable bonds is 12. The Labute approximate surface area is 451 Å². The lowest BCUT2D eigenvalue weighted by molar-refractivity contribution is -0.387. The Morgan fingerprint density at radius 3 is 1.76 bits per heavy atom. The fourth-order valence-corrected chi connectivity index (χ4v) is 16.4. The van der Waals surface area contributed by atoms with Crippen molar-refractivity contribution in [2.45, 2.75) is 228 Å².